The maximum absolute atomic E-state index is 10.0. The number of benzene rings is 1. The molecule has 3 nitrogen and oxygen atoms in total. The van der Waals surface area contributed by atoms with Gasteiger partial charge in [-0.3, -0.25) is 0 Å². The van der Waals surface area contributed by atoms with E-state index in [4.69, 9.17) is 4.74 Å². The smallest absolute Gasteiger partial charge is 0.107 e. The first-order valence-corrected chi connectivity index (χ1v) is 11.4. The molecule has 6 heteroatoms. The van der Waals surface area contributed by atoms with Crippen molar-refractivity contribution < 1.29 is 14.9 Å². The summed E-state index contributed by atoms with van der Waals surface area (Å²) in [6, 6.07) is 17.1. The summed E-state index contributed by atoms with van der Waals surface area (Å²) < 4.78 is 5.83. The molecule has 138 valence electrons. The Kier molecular flexibility index (Phi) is 4.63. The molecule has 1 fully saturated rings. The van der Waals surface area contributed by atoms with E-state index in [1.807, 2.05) is 11.3 Å². The van der Waals surface area contributed by atoms with Gasteiger partial charge in [0.2, 0.25) is 0 Å². The summed E-state index contributed by atoms with van der Waals surface area (Å²) in [5, 5.41) is 24.0. The minimum absolute atomic E-state index is 0.140. The summed E-state index contributed by atoms with van der Waals surface area (Å²) in [4.78, 5) is 6.22. The molecule has 3 aromatic heterocycles. The van der Waals surface area contributed by atoms with E-state index < -0.39 is 12.2 Å². The number of hydrogen-bond donors (Lipinski definition) is 2. The number of aliphatic hydroxyl groups excluding tert-OH is 2. The summed E-state index contributed by atoms with van der Waals surface area (Å²) in [6.07, 6.45) is -0.678. The second kappa shape index (κ2) is 7.13. The lowest BCUT2D eigenvalue weighted by Gasteiger charge is -2.10. The maximum Gasteiger partial charge on any atom is 0.107 e. The van der Waals surface area contributed by atoms with E-state index >= 15 is 0 Å². The summed E-state index contributed by atoms with van der Waals surface area (Å²) in [5.41, 5.74) is 0. The van der Waals surface area contributed by atoms with Gasteiger partial charge in [0, 0.05) is 31.8 Å². The second-order valence-electron chi connectivity index (χ2n) is 6.63. The van der Waals surface area contributed by atoms with Crippen LogP contribution in [0.2, 0.25) is 0 Å². The topological polar surface area (TPSA) is 49.7 Å². The lowest BCUT2D eigenvalue weighted by molar-refractivity contribution is -0.0216. The van der Waals surface area contributed by atoms with Crippen molar-refractivity contribution >= 4 is 44.8 Å². The predicted octanol–water partition coefficient (Wildman–Crippen LogP) is 5.54. The first-order valence-electron chi connectivity index (χ1n) is 8.84. The van der Waals surface area contributed by atoms with Gasteiger partial charge in [-0.1, -0.05) is 30.3 Å². The fourth-order valence-electron chi connectivity index (χ4n) is 3.59. The van der Waals surface area contributed by atoms with Gasteiger partial charge in [0.25, 0.3) is 0 Å². The van der Waals surface area contributed by atoms with Crippen LogP contribution in [0.1, 0.15) is 17.4 Å². The fraction of sp³-hybridized carbons (Fsp3) is 0.238. The van der Waals surface area contributed by atoms with Gasteiger partial charge in [0.15, 0.2) is 0 Å². The number of ether oxygens (including phenoxy) is 1. The van der Waals surface area contributed by atoms with Crippen LogP contribution >= 0.6 is 34.0 Å². The van der Waals surface area contributed by atoms with Gasteiger partial charge in [-0.15, -0.1) is 34.0 Å². The molecule has 0 aliphatic carbocycles. The van der Waals surface area contributed by atoms with E-state index in [0.29, 0.717) is 6.42 Å². The van der Waals surface area contributed by atoms with Gasteiger partial charge < -0.3 is 14.9 Å². The molecule has 1 saturated heterocycles. The molecule has 0 saturated carbocycles. The molecule has 0 bridgehead atoms. The first-order chi connectivity index (χ1) is 13.2. The van der Waals surface area contributed by atoms with Crippen molar-refractivity contribution in [3.8, 4) is 19.5 Å². The Morgan fingerprint density at radius 1 is 0.926 bits per heavy atom. The molecule has 0 amide bonds. The van der Waals surface area contributed by atoms with Crippen LogP contribution in [0.5, 0.6) is 0 Å². The average Bonchev–Trinajstić information content (AvgIpc) is 3.46. The summed E-state index contributed by atoms with van der Waals surface area (Å²) in [6.45, 7) is -0.143. The Labute approximate surface area is 169 Å². The largest absolute Gasteiger partial charge is 0.394 e. The molecular weight excluding hydrogens is 396 g/mol. The quantitative estimate of drug-likeness (QED) is 0.461. The van der Waals surface area contributed by atoms with Crippen LogP contribution in [0.4, 0.5) is 0 Å². The molecule has 1 aromatic carbocycles. The van der Waals surface area contributed by atoms with Crippen molar-refractivity contribution in [3.05, 3.63) is 58.8 Å². The van der Waals surface area contributed by atoms with Crippen molar-refractivity contribution in [1.82, 2.24) is 0 Å². The van der Waals surface area contributed by atoms with Crippen molar-refractivity contribution in [2.45, 2.75) is 24.7 Å². The van der Waals surface area contributed by atoms with Crippen molar-refractivity contribution in [2.24, 2.45) is 0 Å². The Hall–Kier alpha value is -1.54. The van der Waals surface area contributed by atoms with E-state index in [0.717, 1.165) is 4.88 Å². The number of thiophene rings is 3. The van der Waals surface area contributed by atoms with E-state index in [2.05, 4.69) is 53.9 Å². The molecule has 1 aliphatic heterocycles. The lowest BCUT2D eigenvalue weighted by atomic mass is 10.1. The predicted molar refractivity (Wildman–Crippen MR) is 114 cm³/mol. The number of fused-ring (bicyclic) bond motifs is 1. The maximum atomic E-state index is 10.0. The molecule has 0 radical (unpaired) electrons. The van der Waals surface area contributed by atoms with E-state index in [1.54, 1.807) is 22.7 Å². The molecule has 2 N–H and O–H groups in total. The highest BCUT2D eigenvalue weighted by atomic mass is 32.1. The van der Waals surface area contributed by atoms with Crippen LogP contribution in [0.25, 0.3) is 30.3 Å². The molecule has 27 heavy (non-hydrogen) atoms. The monoisotopic (exact) mass is 414 g/mol. The lowest BCUT2D eigenvalue weighted by Crippen LogP contribution is -2.24. The highest BCUT2D eigenvalue weighted by Crippen LogP contribution is 2.48. The van der Waals surface area contributed by atoms with E-state index in [-0.39, 0.29) is 12.7 Å². The van der Waals surface area contributed by atoms with Crippen molar-refractivity contribution in [3.63, 3.8) is 0 Å². The zero-order valence-electron chi connectivity index (χ0n) is 14.4. The highest BCUT2D eigenvalue weighted by molar-refractivity contribution is 7.27. The SMILES string of the molecule is OC[C@H]1OC(c2ccc(-c3sc(-c4cccs4)c4ccccc34)s2)CC1O. The molecule has 1 aliphatic rings. The third-order valence-corrected chi connectivity index (χ3v) is 8.57. The van der Waals surface area contributed by atoms with Crippen LogP contribution in [0, 0.1) is 0 Å². The third-order valence-electron chi connectivity index (χ3n) is 4.94. The molecular formula is C21H18O3S3. The standard InChI is InChI=1S/C21H18O3S3/c22-11-16-14(23)10-15(24-16)17-7-8-19(26-17)21-13-5-2-1-4-12(13)20(27-21)18-6-3-9-25-18/h1-9,14-16,22-23H,10-11H2/t14?,15?,16-/m1/s1. The van der Waals surface area contributed by atoms with Crippen molar-refractivity contribution in [2.75, 3.05) is 6.61 Å². The van der Waals surface area contributed by atoms with Crippen LogP contribution < -0.4 is 0 Å². The van der Waals surface area contributed by atoms with Gasteiger partial charge in [-0.25, -0.2) is 0 Å². The molecule has 5 rings (SSSR count). The van der Waals surface area contributed by atoms with Crippen LogP contribution in [0.15, 0.2) is 53.9 Å². The Balaban J connectivity index is 1.55. The summed E-state index contributed by atoms with van der Waals surface area (Å²) in [7, 11) is 0. The molecule has 4 aromatic rings. The Morgan fingerprint density at radius 3 is 2.37 bits per heavy atom. The molecule has 3 atom stereocenters. The summed E-state index contributed by atoms with van der Waals surface area (Å²) >= 11 is 5.33. The minimum atomic E-state index is -0.599. The fourth-order valence-corrected chi connectivity index (χ4v) is 6.92. The van der Waals surface area contributed by atoms with Crippen molar-refractivity contribution in [1.29, 1.82) is 0 Å². The second-order valence-corrected chi connectivity index (χ2v) is 9.72. The van der Waals surface area contributed by atoms with Crippen LogP contribution in [0.3, 0.4) is 0 Å². The molecule has 2 unspecified atom stereocenters. The van der Waals surface area contributed by atoms with Crippen LogP contribution in [-0.4, -0.2) is 29.0 Å². The number of hydrogen-bond acceptors (Lipinski definition) is 6. The zero-order chi connectivity index (χ0) is 18.4. The van der Waals surface area contributed by atoms with Gasteiger partial charge in [-0.2, -0.15) is 0 Å². The minimum Gasteiger partial charge on any atom is -0.394 e. The van der Waals surface area contributed by atoms with Gasteiger partial charge in [-0.05, 0) is 23.6 Å². The normalized spacial score (nSPS) is 22.7. The van der Waals surface area contributed by atoms with Gasteiger partial charge in [0.1, 0.15) is 6.10 Å². The highest BCUT2D eigenvalue weighted by Gasteiger charge is 2.35. The van der Waals surface area contributed by atoms with Gasteiger partial charge >= 0.3 is 0 Å². The molecule has 0 spiro atoms. The number of aliphatic hydroxyl groups is 2. The Morgan fingerprint density at radius 2 is 1.70 bits per heavy atom. The first kappa shape index (κ1) is 17.6. The molecule has 4 heterocycles. The number of rotatable bonds is 4. The zero-order valence-corrected chi connectivity index (χ0v) is 16.8. The van der Waals surface area contributed by atoms with E-state index in [1.165, 1.54) is 30.3 Å². The van der Waals surface area contributed by atoms with E-state index in [9.17, 15) is 10.2 Å². The van der Waals surface area contributed by atoms with Crippen LogP contribution in [-0.2, 0) is 4.74 Å². The summed E-state index contributed by atoms with van der Waals surface area (Å²) in [5.74, 6) is 0. The van der Waals surface area contributed by atoms with Gasteiger partial charge in [0.05, 0.1) is 28.6 Å². The Bertz CT molecular complexity index is 1060. The third kappa shape index (κ3) is 3.06. The average molecular weight is 415 g/mol.